The normalized spacial score (nSPS) is 13.6. The molecular formula is C14H16N4. The van der Waals surface area contributed by atoms with Crippen molar-refractivity contribution < 1.29 is 0 Å². The Balaban J connectivity index is 2.07. The summed E-state index contributed by atoms with van der Waals surface area (Å²) in [6.45, 7) is 3.04. The summed E-state index contributed by atoms with van der Waals surface area (Å²) in [5.41, 5.74) is 3.76. The second-order valence-electron chi connectivity index (χ2n) is 4.48. The Morgan fingerprint density at radius 2 is 2.11 bits per heavy atom. The van der Waals surface area contributed by atoms with Gasteiger partial charge in [0.15, 0.2) is 0 Å². The van der Waals surface area contributed by atoms with E-state index < -0.39 is 0 Å². The lowest BCUT2D eigenvalue weighted by Gasteiger charge is -2.20. The molecule has 0 radical (unpaired) electrons. The molecule has 0 bridgehead atoms. The van der Waals surface area contributed by atoms with Crippen LogP contribution >= 0.6 is 0 Å². The van der Waals surface area contributed by atoms with Crippen molar-refractivity contribution in [2.45, 2.75) is 13.3 Å². The van der Waals surface area contributed by atoms with E-state index in [1.54, 1.807) is 0 Å². The van der Waals surface area contributed by atoms with E-state index in [0.717, 1.165) is 24.3 Å². The molecule has 0 aliphatic carbocycles. The molecule has 0 amide bonds. The quantitative estimate of drug-likeness (QED) is 0.875. The number of benzene rings is 1. The van der Waals surface area contributed by atoms with Crippen LogP contribution in [0.15, 0.2) is 30.5 Å². The Morgan fingerprint density at radius 1 is 1.28 bits per heavy atom. The molecule has 1 aliphatic rings. The molecule has 1 N–H and O–H groups in total. The van der Waals surface area contributed by atoms with Crippen LogP contribution in [0.2, 0.25) is 0 Å². The fourth-order valence-electron chi connectivity index (χ4n) is 2.38. The molecule has 4 nitrogen and oxygen atoms in total. The van der Waals surface area contributed by atoms with Gasteiger partial charge in [-0.2, -0.15) is 4.98 Å². The maximum Gasteiger partial charge on any atom is 0.224 e. The molecule has 3 rings (SSSR count). The molecule has 1 aliphatic heterocycles. The number of anilines is 3. The highest BCUT2D eigenvalue weighted by molar-refractivity contribution is 5.69. The number of aryl methyl sites for hydroxylation is 1. The first kappa shape index (κ1) is 11.0. The van der Waals surface area contributed by atoms with Gasteiger partial charge in [-0.15, -0.1) is 0 Å². The number of hydrogen-bond donors (Lipinski definition) is 1. The first-order valence-corrected chi connectivity index (χ1v) is 6.16. The molecule has 0 atom stereocenters. The molecule has 2 heterocycles. The van der Waals surface area contributed by atoms with Crippen molar-refractivity contribution in [2.75, 3.05) is 23.8 Å². The summed E-state index contributed by atoms with van der Waals surface area (Å²) in [5, 5.41) is 2.99. The first-order valence-electron chi connectivity index (χ1n) is 6.16. The van der Waals surface area contributed by atoms with Gasteiger partial charge in [-0.05, 0) is 25.0 Å². The molecular weight excluding hydrogens is 224 g/mol. The fraction of sp³-hybridized carbons (Fsp3) is 0.286. The van der Waals surface area contributed by atoms with Gasteiger partial charge in [-0.3, -0.25) is 0 Å². The van der Waals surface area contributed by atoms with Crippen molar-refractivity contribution in [3.8, 4) is 0 Å². The Morgan fingerprint density at radius 3 is 2.94 bits per heavy atom. The number of nitrogens with one attached hydrogen (secondary N) is 1. The summed E-state index contributed by atoms with van der Waals surface area (Å²) in [4.78, 5) is 11.1. The van der Waals surface area contributed by atoms with Gasteiger partial charge in [-0.25, -0.2) is 4.98 Å². The van der Waals surface area contributed by atoms with E-state index in [9.17, 15) is 0 Å². The summed E-state index contributed by atoms with van der Waals surface area (Å²) >= 11 is 0. The smallest absolute Gasteiger partial charge is 0.224 e. The largest absolute Gasteiger partial charge is 0.357 e. The monoisotopic (exact) mass is 240 g/mol. The average Bonchev–Trinajstić information content (AvgIpc) is 2.83. The maximum absolute atomic E-state index is 4.58. The van der Waals surface area contributed by atoms with E-state index in [-0.39, 0.29) is 0 Å². The first-order chi connectivity index (χ1) is 8.79. The predicted molar refractivity (Wildman–Crippen MR) is 73.5 cm³/mol. The van der Waals surface area contributed by atoms with Crippen molar-refractivity contribution in [2.24, 2.45) is 0 Å². The van der Waals surface area contributed by atoms with Crippen LogP contribution in [-0.2, 0) is 6.42 Å². The van der Waals surface area contributed by atoms with Gasteiger partial charge in [0.1, 0.15) is 5.82 Å². The second-order valence-corrected chi connectivity index (χ2v) is 4.48. The predicted octanol–water partition coefficient (Wildman–Crippen LogP) is 2.52. The Kier molecular flexibility index (Phi) is 2.63. The highest BCUT2D eigenvalue weighted by atomic mass is 15.2. The van der Waals surface area contributed by atoms with E-state index in [0.29, 0.717) is 5.95 Å². The minimum absolute atomic E-state index is 0.667. The van der Waals surface area contributed by atoms with Gasteiger partial charge in [0.05, 0.1) is 0 Å². The zero-order valence-electron chi connectivity index (χ0n) is 10.6. The van der Waals surface area contributed by atoms with Gasteiger partial charge in [0, 0.05) is 31.0 Å². The number of fused-ring (bicyclic) bond motifs is 1. The molecule has 1 aromatic carbocycles. The number of nitrogens with zero attached hydrogens (tertiary/aromatic N) is 3. The molecule has 92 valence electrons. The summed E-state index contributed by atoms with van der Waals surface area (Å²) in [7, 11) is 1.84. The SMILES string of the molecule is CNc1ncc(C)c(N2CCc3ccccc32)n1. The lowest BCUT2D eigenvalue weighted by Crippen LogP contribution is -2.17. The highest BCUT2D eigenvalue weighted by Crippen LogP contribution is 2.34. The van der Waals surface area contributed by atoms with Crippen molar-refractivity contribution in [3.05, 3.63) is 41.6 Å². The summed E-state index contributed by atoms with van der Waals surface area (Å²) < 4.78 is 0. The highest BCUT2D eigenvalue weighted by Gasteiger charge is 2.22. The van der Waals surface area contributed by atoms with Crippen LogP contribution in [0.4, 0.5) is 17.5 Å². The van der Waals surface area contributed by atoms with Crippen molar-refractivity contribution >= 4 is 17.5 Å². The molecule has 0 saturated heterocycles. The molecule has 1 aromatic heterocycles. The van der Waals surface area contributed by atoms with Crippen molar-refractivity contribution in [3.63, 3.8) is 0 Å². The fourth-order valence-corrected chi connectivity index (χ4v) is 2.38. The number of para-hydroxylation sites is 1. The Labute approximate surface area is 107 Å². The zero-order valence-corrected chi connectivity index (χ0v) is 10.6. The minimum Gasteiger partial charge on any atom is -0.357 e. The van der Waals surface area contributed by atoms with Crippen LogP contribution in [0.3, 0.4) is 0 Å². The van der Waals surface area contributed by atoms with E-state index in [2.05, 4.69) is 51.4 Å². The van der Waals surface area contributed by atoms with Crippen LogP contribution in [0.25, 0.3) is 0 Å². The minimum atomic E-state index is 0.667. The van der Waals surface area contributed by atoms with Gasteiger partial charge >= 0.3 is 0 Å². The molecule has 18 heavy (non-hydrogen) atoms. The maximum atomic E-state index is 4.58. The van der Waals surface area contributed by atoms with Gasteiger partial charge in [-0.1, -0.05) is 18.2 Å². The molecule has 0 unspecified atom stereocenters. The van der Waals surface area contributed by atoms with Gasteiger partial charge < -0.3 is 10.2 Å². The topological polar surface area (TPSA) is 41.1 Å². The lowest BCUT2D eigenvalue weighted by atomic mass is 10.2. The summed E-state index contributed by atoms with van der Waals surface area (Å²) in [6.07, 6.45) is 2.95. The molecule has 0 spiro atoms. The molecule has 0 saturated carbocycles. The number of hydrogen-bond acceptors (Lipinski definition) is 4. The standard InChI is InChI=1S/C14H16N4/c1-10-9-16-14(15-2)17-13(10)18-8-7-11-5-3-4-6-12(11)18/h3-6,9H,7-8H2,1-2H3,(H,15,16,17). The Hall–Kier alpha value is -2.10. The second kappa shape index (κ2) is 4.29. The molecule has 4 heteroatoms. The van der Waals surface area contributed by atoms with E-state index in [4.69, 9.17) is 0 Å². The molecule has 2 aromatic rings. The molecule has 0 fully saturated rings. The number of rotatable bonds is 2. The van der Waals surface area contributed by atoms with E-state index in [1.807, 2.05) is 13.2 Å². The van der Waals surface area contributed by atoms with Crippen LogP contribution < -0.4 is 10.2 Å². The van der Waals surface area contributed by atoms with E-state index in [1.165, 1.54) is 11.3 Å². The van der Waals surface area contributed by atoms with E-state index >= 15 is 0 Å². The van der Waals surface area contributed by atoms with Crippen LogP contribution in [0.1, 0.15) is 11.1 Å². The van der Waals surface area contributed by atoms with Crippen LogP contribution in [0.5, 0.6) is 0 Å². The van der Waals surface area contributed by atoms with Gasteiger partial charge in [0.2, 0.25) is 5.95 Å². The third kappa shape index (κ3) is 1.70. The van der Waals surface area contributed by atoms with Crippen LogP contribution in [-0.4, -0.2) is 23.6 Å². The van der Waals surface area contributed by atoms with Crippen molar-refractivity contribution in [1.82, 2.24) is 9.97 Å². The van der Waals surface area contributed by atoms with Crippen molar-refractivity contribution in [1.29, 1.82) is 0 Å². The Bertz CT molecular complexity index is 580. The number of aromatic nitrogens is 2. The van der Waals surface area contributed by atoms with Gasteiger partial charge in [0.25, 0.3) is 0 Å². The third-order valence-corrected chi connectivity index (χ3v) is 3.31. The average molecular weight is 240 g/mol. The third-order valence-electron chi connectivity index (χ3n) is 3.31. The zero-order chi connectivity index (χ0) is 12.5. The summed E-state index contributed by atoms with van der Waals surface area (Å²) in [5.74, 6) is 1.67. The summed E-state index contributed by atoms with van der Waals surface area (Å²) in [6, 6.07) is 8.51. The van der Waals surface area contributed by atoms with Crippen LogP contribution in [0, 0.1) is 6.92 Å². The lowest BCUT2D eigenvalue weighted by molar-refractivity contribution is 0.954.